The maximum Gasteiger partial charge on any atom is 0.271 e. The van der Waals surface area contributed by atoms with E-state index in [2.05, 4.69) is 24.0 Å². The third-order valence-corrected chi connectivity index (χ3v) is 4.34. The van der Waals surface area contributed by atoms with Crippen molar-refractivity contribution < 1.29 is 9.45 Å². The molecule has 0 spiro atoms. The summed E-state index contributed by atoms with van der Waals surface area (Å²) in [6, 6.07) is 4.17. The molecule has 0 aliphatic heterocycles. The minimum Gasteiger partial charge on any atom is -0.398 e. The van der Waals surface area contributed by atoms with Gasteiger partial charge in [-0.15, -0.1) is 0 Å². The van der Waals surface area contributed by atoms with Crippen LogP contribution in [0.2, 0.25) is 0 Å². The fourth-order valence-electron chi connectivity index (χ4n) is 1.62. The lowest BCUT2D eigenvalue weighted by molar-refractivity contribution is -0.384. The summed E-state index contributed by atoms with van der Waals surface area (Å²) < 4.78 is 5.17. The number of nitro groups is 1. The van der Waals surface area contributed by atoms with Crippen molar-refractivity contribution in [1.29, 1.82) is 0 Å². The van der Waals surface area contributed by atoms with Crippen LogP contribution in [0.25, 0.3) is 11.5 Å². The van der Waals surface area contributed by atoms with Gasteiger partial charge in [-0.3, -0.25) is 10.1 Å². The van der Waals surface area contributed by atoms with Crippen LogP contribution >= 0.6 is 11.8 Å². The minimum atomic E-state index is -0.498. The Kier molecular flexibility index (Phi) is 4.79. The number of thioether (sulfide) groups is 1. The summed E-state index contributed by atoms with van der Waals surface area (Å²) in [4.78, 5) is 14.5. The van der Waals surface area contributed by atoms with Crippen molar-refractivity contribution in [3.8, 4) is 11.5 Å². The number of nitrogens with zero attached hydrogens (tertiary/aromatic N) is 3. The fourth-order valence-corrected chi connectivity index (χ4v) is 2.40. The lowest BCUT2D eigenvalue weighted by Crippen LogP contribution is -1.95. The molecule has 21 heavy (non-hydrogen) atoms. The summed E-state index contributed by atoms with van der Waals surface area (Å²) >= 11 is 1.74. The molecule has 1 heterocycles. The predicted molar refractivity (Wildman–Crippen MR) is 81.8 cm³/mol. The van der Waals surface area contributed by atoms with Crippen LogP contribution in [0.5, 0.6) is 0 Å². The van der Waals surface area contributed by atoms with Gasteiger partial charge < -0.3 is 10.3 Å². The second kappa shape index (κ2) is 6.57. The molecule has 112 valence electrons. The molecule has 0 amide bonds. The smallest absolute Gasteiger partial charge is 0.271 e. The van der Waals surface area contributed by atoms with Crippen molar-refractivity contribution in [3.63, 3.8) is 0 Å². The molecule has 0 saturated carbocycles. The van der Waals surface area contributed by atoms with Gasteiger partial charge in [-0.2, -0.15) is 16.7 Å². The Bertz CT molecular complexity index is 644. The van der Waals surface area contributed by atoms with E-state index in [1.807, 2.05) is 0 Å². The highest BCUT2D eigenvalue weighted by molar-refractivity contribution is 7.99. The molecule has 0 saturated heterocycles. The fraction of sp³-hybridized carbons (Fsp3) is 0.385. The first-order chi connectivity index (χ1) is 10.0. The molecule has 0 bridgehead atoms. The quantitative estimate of drug-likeness (QED) is 0.495. The Morgan fingerprint density at radius 3 is 2.90 bits per heavy atom. The molecule has 2 aromatic rings. The van der Waals surface area contributed by atoms with Crippen LogP contribution in [-0.4, -0.2) is 20.3 Å². The zero-order valence-corrected chi connectivity index (χ0v) is 12.6. The standard InChI is InChI=1S/C13H16N4O3S/c1-3-8(2)21-7-12-15-13(20-16-12)10-5-4-9(17(18)19)6-11(10)14/h4-6,8H,3,7,14H2,1-2H3. The van der Waals surface area contributed by atoms with E-state index in [-0.39, 0.29) is 17.3 Å². The number of nitrogens with two attached hydrogens (primary N) is 1. The highest BCUT2D eigenvalue weighted by Gasteiger charge is 2.15. The molecule has 0 aliphatic carbocycles. The Balaban J connectivity index is 2.16. The van der Waals surface area contributed by atoms with E-state index >= 15 is 0 Å². The Morgan fingerprint density at radius 1 is 1.52 bits per heavy atom. The average molecular weight is 308 g/mol. The van der Waals surface area contributed by atoms with Gasteiger partial charge in [-0.25, -0.2) is 0 Å². The van der Waals surface area contributed by atoms with Crippen LogP contribution in [0.15, 0.2) is 22.7 Å². The number of nitro benzene ring substituents is 1. The summed E-state index contributed by atoms with van der Waals surface area (Å²) in [6.45, 7) is 4.26. The maximum absolute atomic E-state index is 10.7. The Labute approximate surface area is 126 Å². The van der Waals surface area contributed by atoms with Crippen LogP contribution in [0.4, 0.5) is 11.4 Å². The first-order valence-electron chi connectivity index (χ1n) is 6.49. The molecule has 2 N–H and O–H groups in total. The molecule has 0 fully saturated rings. The van der Waals surface area contributed by atoms with Crippen molar-refractivity contribution in [2.24, 2.45) is 0 Å². The number of hydrogen-bond acceptors (Lipinski definition) is 7. The van der Waals surface area contributed by atoms with Crippen LogP contribution in [0, 0.1) is 10.1 Å². The number of rotatable bonds is 6. The van der Waals surface area contributed by atoms with Gasteiger partial charge in [0.05, 0.1) is 21.9 Å². The van der Waals surface area contributed by atoms with Gasteiger partial charge in [0, 0.05) is 17.4 Å². The van der Waals surface area contributed by atoms with Crippen LogP contribution < -0.4 is 5.73 Å². The Morgan fingerprint density at radius 2 is 2.29 bits per heavy atom. The third kappa shape index (κ3) is 3.72. The second-order valence-corrected chi connectivity index (χ2v) is 6.00. The lowest BCUT2D eigenvalue weighted by Gasteiger charge is -2.04. The average Bonchev–Trinajstić information content (AvgIpc) is 2.93. The number of non-ortho nitro benzene ring substituents is 1. The molecule has 8 heteroatoms. The topological polar surface area (TPSA) is 108 Å². The molecule has 1 unspecified atom stereocenters. The van der Waals surface area contributed by atoms with Gasteiger partial charge in [-0.05, 0) is 12.5 Å². The number of nitrogen functional groups attached to an aromatic ring is 1. The van der Waals surface area contributed by atoms with Gasteiger partial charge in [0.15, 0.2) is 5.82 Å². The molecular weight excluding hydrogens is 292 g/mol. The predicted octanol–water partition coefficient (Wildman–Crippen LogP) is 3.26. The van der Waals surface area contributed by atoms with Gasteiger partial charge >= 0.3 is 0 Å². The van der Waals surface area contributed by atoms with E-state index in [9.17, 15) is 10.1 Å². The molecule has 1 aromatic carbocycles. The number of hydrogen-bond donors (Lipinski definition) is 1. The van der Waals surface area contributed by atoms with Gasteiger partial charge in [0.2, 0.25) is 0 Å². The molecule has 1 atom stereocenters. The van der Waals surface area contributed by atoms with Crippen LogP contribution in [0.3, 0.4) is 0 Å². The second-order valence-electron chi connectivity index (χ2n) is 4.57. The monoisotopic (exact) mass is 308 g/mol. The zero-order chi connectivity index (χ0) is 15.4. The first-order valence-corrected chi connectivity index (χ1v) is 7.54. The lowest BCUT2D eigenvalue weighted by atomic mass is 10.1. The van der Waals surface area contributed by atoms with E-state index in [0.717, 1.165) is 6.42 Å². The minimum absolute atomic E-state index is 0.0664. The van der Waals surface area contributed by atoms with Crippen molar-refractivity contribution in [1.82, 2.24) is 10.1 Å². The largest absolute Gasteiger partial charge is 0.398 e. The number of aromatic nitrogens is 2. The van der Waals surface area contributed by atoms with E-state index in [1.165, 1.54) is 18.2 Å². The Hall–Kier alpha value is -2.09. The molecule has 1 aromatic heterocycles. The number of benzene rings is 1. The van der Waals surface area contributed by atoms with Gasteiger partial charge in [0.1, 0.15) is 0 Å². The SMILES string of the molecule is CCC(C)SCc1noc(-c2ccc([N+](=O)[O-])cc2N)n1. The molecule has 7 nitrogen and oxygen atoms in total. The summed E-state index contributed by atoms with van der Waals surface area (Å²) in [5, 5.41) is 15.1. The maximum atomic E-state index is 10.7. The van der Waals surface area contributed by atoms with Crippen molar-refractivity contribution in [3.05, 3.63) is 34.1 Å². The van der Waals surface area contributed by atoms with Gasteiger partial charge in [0.25, 0.3) is 11.6 Å². The summed E-state index contributed by atoms with van der Waals surface area (Å²) in [7, 11) is 0. The van der Waals surface area contributed by atoms with E-state index in [4.69, 9.17) is 10.3 Å². The van der Waals surface area contributed by atoms with Gasteiger partial charge in [-0.1, -0.05) is 19.0 Å². The summed E-state index contributed by atoms with van der Waals surface area (Å²) in [5.74, 6) is 1.53. The third-order valence-electron chi connectivity index (χ3n) is 3.02. The zero-order valence-electron chi connectivity index (χ0n) is 11.8. The van der Waals surface area contributed by atoms with E-state index in [1.54, 1.807) is 11.8 Å². The van der Waals surface area contributed by atoms with Crippen molar-refractivity contribution >= 4 is 23.1 Å². The molecule has 2 rings (SSSR count). The van der Waals surface area contributed by atoms with E-state index in [0.29, 0.717) is 22.4 Å². The van der Waals surface area contributed by atoms with Crippen molar-refractivity contribution in [2.45, 2.75) is 31.3 Å². The van der Waals surface area contributed by atoms with E-state index < -0.39 is 4.92 Å². The number of anilines is 1. The highest BCUT2D eigenvalue weighted by atomic mass is 32.2. The molecular formula is C13H16N4O3S. The van der Waals surface area contributed by atoms with Crippen LogP contribution in [0.1, 0.15) is 26.1 Å². The molecule has 0 radical (unpaired) electrons. The highest BCUT2D eigenvalue weighted by Crippen LogP contribution is 2.28. The van der Waals surface area contributed by atoms with Crippen molar-refractivity contribution in [2.75, 3.05) is 5.73 Å². The summed E-state index contributed by atoms with van der Waals surface area (Å²) in [5.41, 5.74) is 6.49. The molecule has 0 aliphatic rings. The first kappa shape index (κ1) is 15.3. The van der Waals surface area contributed by atoms with Crippen LogP contribution in [-0.2, 0) is 5.75 Å². The summed E-state index contributed by atoms with van der Waals surface area (Å²) in [6.07, 6.45) is 1.07. The normalized spacial score (nSPS) is 12.3.